The average Bonchev–Trinajstić information content (AvgIpc) is 3.06. The van der Waals surface area contributed by atoms with Crippen LogP contribution >= 0.6 is 0 Å². The van der Waals surface area contributed by atoms with Crippen molar-refractivity contribution in [3.05, 3.63) is 0 Å². The van der Waals surface area contributed by atoms with Gasteiger partial charge in [0, 0.05) is 19.3 Å². The van der Waals surface area contributed by atoms with Crippen LogP contribution in [0.5, 0.6) is 0 Å². The molecule has 0 amide bonds. The number of carbonyl (C=O) groups is 3. The predicted molar refractivity (Wildman–Crippen MR) is 206 cm³/mol. The molecule has 0 N–H and O–H groups in total. The van der Waals surface area contributed by atoms with Gasteiger partial charge < -0.3 is 14.2 Å². The van der Waals surface area contributed by atoms with Crippen LogP contribution in [0, 0.1) is 11.8 Å². The predicted octanol–water partition coefficient (Wildman–Crippen LogP) is 13.0. The topological polar surface area (TPSA) is 78.9 Å². The first-order chi connectivity index (χ1) is 23.7. The Morgan fingerprint density at radius 1 is 0.388 bits per heavy atom. The van der Waals surface area contributed by atoms with E-state index >= 15 is 0 Å². The highest BCUT2D eigenvalue weighted by Crippen LogP contribution is 2.16. The Morgan fingerprint density at radius 2 is 0.673 bits per heavy atom. The number of carbonyl (C=O) groups excluding carboxylic acids is 3. The number of hydrogen-bond acceptors (Lipinski definition) is 6. The summed E-state index contributed by atoms with van der Waals surface area (Å²) in [6.07, 6.45) is 32.6. The fourth-order valence-electron chi connectivity index (χ4n) is 6.22. The SMILES string of the molecule is CCCCCCCC(=O)OC[C@@H](COC(=O)CCCCCCCCCCCCCC(C)C)OC(=O)CCCCCCCCCCCC(C)C. The highest BCUT2D eigenvalue weighted by Gasteiger charge is 2.19. The molecule has 0 saturated heterocycles. The van der Waals surface area contributed by atoms with Crippen molar-refractivity contribution < 1.29 is 28.6 Å². The van der Waals surface area contributed by atoms with E-state index in [1.54, 1.807) is 0 Å². The van der Waals surface area contributed by atoms with Crippen molar-refractivity contribution in [2.75, 3.05) is 13.2 Å². The van der Waals surface area contributed by atoms with Crippen molar-refractivity contribution in [3.63, 3.8) is 0 Å². The van der Waals surface area contributed by atoms with Crippen LogP contribution in [0.25, 0.3) is 0 Å². The van der Waals surface area contributed by atoms with Gasteiger partial charge in [0.15, 0.2) is 6.10 Å². The Bertz CT molecular complexity index is 749. The molecule has 0 aliphatic heterocycles. The summed E-state index contributed by atoms with van der Waals surface area (Å²) in [5.74, 6) is 0.757. The van der Waals surface area contributed by atoms with Gasteiger partial charge in [0.2, 0.25) is 0 Å². The highest BCUT2D eigenvalue weighted by atomic mass is 16.6. The van der Waals surface area contributed by atoms with Crippen molar-refractivity contribution in [1.82, 2.24) is 0 Å². The molecule has 0 bridgehead atoms. The van der Waals surface area contributed by atoms with Crippen LogP contribution in [0.3, 0.4) is 0 Å². The lowest BCUT2D eigenvalue weighted by atomic mass is 10.0. The molecule has 290 valence electrons. The molecule has 0 saturated carbocycles. The zero-order chi connectivity index (χ0) is 36.2. The van der Waals surface area contributed by atoms with Gasteiger partial charge in [0.05, 0.1) is 0 Å². The van der Waals surface area contributed by atoms with Gasteiger partial charge in [-0.05, 0) is 31.1 Å². The number of esters is 3. The molecule has 0 unspecified atom stereocenters. The summed E-state index contributed by atoms with van der Waals surface area (Å²) in [6.45, 7) is 11.2. The molecule has 0 spiro atoms. The monoisotopic (exact) mass is 695 g/mol. The van der Waals surface area contributed by atoms with E-state index in [1.165, 1.54) is 109 Å². The molecular weight excluding hydrogens is 612 g/mol. The smallest absolute Gasteiger partial charge is 0.306 e. The summed E-state index contributed by atoms with van der Waals surface area (Å²) in [7, 11) is 0. The van der Waals surface area contributed by atoms with Crippen molar-refractivity contribution in [1.29, 1.82) is 0 Å². The van der Waals surface area contributed by atoms with Gasteiger partial charge in [0.1, 0.15) is 13.2 Å². The Morgan fingerprint density at radius 3 is 1.00 bits per heavy atom. The van der Waals surface area contributed by atoms with Crippen LogP contribution in [0.15, 0.2) is 0 Å². The lowest BCUT2D eigenvalue weighted by Crippen LogP contribution is -2.30. The Kier molecular flexibility index (Phi) is 35.0. The van der Waals surface area contributed by atoms with Crippen LogP contribution < -0.4 is 0 Å². The van der Waals surface area contributed by atoms with E-state index in [0.29, 0.717) is 19.3 Å². The third kappa shape index (κ3) is 37.5. The lowest BCUT2D eigenvalue weighted by Gasteiger charge is -2.18. The normalized spacial score (nSPS) is 12.1. The van der Waals surface area contributed by atoms with E-state index in [-0.39, 0.29) is 31.1 Å². The molecule has 0 aromatic heterocycles. The fraction of sp³-hybridized carbons (Fsp3) is 0.930. The summed E-state index contributed by atoms with van der Waals surface area (Å²) in [6, 6.07) is 0. The van der Waals surface area contributed by atoms with E-state index in [9.17, 15) is 14.4 Å². The zero-order valence-corrected chi connectivity index (χ0v) is 33.3. The highest BCUT2D eigenvalue weighted by molar-refractivity contribution is 5.71. The van der Waals surface area contributed by atoms with Crippen molar-refractivity contribution in [2.45, 2.75) is 233 Å². The van der Waals surface area contributed by atoms with Crippen LogP contribution in [-0.2, 0) is 28.6 Å². The maximum absolute atomic E-state index is 12.6. The minimum Gasteiger partial charge on any atom is -0.462 e. The fourth-order valence-corrected chi connectivity index (χ4v) is 6.22. The molecule has 0 rings (SSSR count). The second-order valence-corrected chi connectivity index (χ2v) is 15.6. The second kappa shape index (κ2) is 36.2. The van der Waals surface area contributed by atoms with Gasteiger partial charge in [-0.25, -0.2) is 0 Å². The number of rotatable bonds is 37. The summed E-state index contributed by atoms with van der Waals surface area (Å²) < 4.78 is 16.6. The van der Waals surface area contributed by atoms with Crippen molar-refractivity contribution >= 4 is 17.9 Å². The molecule has 0 radical (unpaired) electrons. The van der Waals surface area contributed by atoms with Gasteiger partial charge in [-0.1, -0.05) is 189 Å². The van der Waals surface area contributed by atoms with E-state index in [2.05, 4.69) is 34.6 Å². The Labute approximate surface area is 304 Å². The summed E-state index contributed by atoms with van der Waals surface area (Å²) in [4.78, 5) is 37.4. The van der Waals surface area contributed by atoms with E-state index in [0.717, 1.165) is 76.0 Å². The average molecular weight is 695 g/mol. The first-order valence-corrected chi connectivity index (χ1v) is 21.2. The van der Waals surface area contributed by atoms with Gasteiger partial charge in [0.25, 0.3) is 0 Å². The second-order valence-electron chi connectivity index (χ2n) is 15.6. The molecule has 49 heavy (non-hydrogen) atoms. The third-order valence-corrected chi connectivity index (χ3v) is 9.47. The quantitative estimate of drug-likeness (QED) is 0.0366. The minimum atomic E-state index is -0.758. The molecule has 6 heteroatoms. The van der Waals surface area contributed by atoms with Crippen molar-refractivity contribution in [3.8, 4) is 0 Å². The summed E-state index contributed by atoms with van der Waals surface area (Å²) >= 11 is 0. The van der Waals surface area contributed by atoms with Gasteiger partial charge in [-0.15, -0.1) is 0 Å². The maximum atomic E-state index is 12.6. The summed E-state index contributed by atoms with van der Waals surface area (Å²) in [5, 5.41) is 0. The largest absolute Gasteiger partial charge is 0.462 e. The first-order valence-electron chi connectivity index (χ1n) is 21.2. The van der Waals surface area contributed by atoms with Gasteiger partial charge >= 0.3 is 17.9 Å². The van der Waals surface area contributed by atoms with E-state index in [4.69, 9.17) is 14.2 Å². The lowest BCUT2D eigenvalue weighted by molar-refractivity contribution is -0.167. The molecule has 0 heterocycles. The van der Waals surface area contributed by atoms with Gasteiger partial charge in [-0.3, -0.25) is 14.4 Å². The molecule has 0 aliphatic carbocycles. The van der Waals surface area contributed by atoms with Crippen LogP contribution in [-0.4, -0.2) is 37.2 Å². The molecule has 1 atom stereocenters. The van der Waals surface area contributed by atoms with Crippen LogP contribution in [0.2, 0.25) is 0 Å². The third-order valence-electron chi connectivity index (χ3n) is 9.47. The standard InChI is InChI=1S/C43H82O6/c1-6-7-8-21-28-33-41(44)47-36-40(49-43(46)35-30-25-20-16-12-14-18-23-27-32-39(4)5)37-48-42(45)34-29-24-19-15-11-9-10-13-17-22-26-31-38(2)3/h38-40H,6-37H2,1-5H3/t40-/m0/s1. The Balaban J connectivity index is 4.22. The van der Waals surface area contributed by atoms with E-state index < -0.39 is 6.10 Å². The first kappa shape index (κ1) is 47.4. The number of unbranched alkanes of at least 4 members (excludes halogenated alkanes) is 22. The Hall–Kier alpha value is -1.59. The zero-order valence-electron chi connectivity index (χ0n) is 33.3. The maximum Gasteiger partial charge on any atom is 0.306 e. The number of hydrogen-bond donors (Lipinski definition) is 0. The number of ether oxygens (including phenoxy) is 3. The van der Waals surface area contributed by atoms with Crippen LogP contribution in [0.1, 0.15) is 227 Å². The molecule has 0 aliphatic rings. The van der Waals surface area contributed by atoms with Crippen molar-refractivity contribution in [2.24, 2.45) is 11.8 Å². The van der Waals surface area contributed by atoms with Crippen LogP contribution in [0.4, 0.5) is 0 Å². The molecule has 0 aromatic rings. The molecule has 0 aromatic carbocycles. The molecular formula is C43H82O6. The molecule has 0 fully saturated rings. The summed E-state index contributed by atoms with van der Waals surface area (Å²) in [5.41, 5.74) is 0. The van der Waals surface area contributed by atoms with E-state index in [1.807, 2.05) is 0 Å². The minimum absolute atomic E-state index is 0.0665. The molecule has 6 nitrogen and oxygen atoms in total. The van der Waals surface area contributed by atoms with Gasteiger partial charge in [-0.2, -0.15) is 0 Å².